The number of rotatable bonds is 17. The van der Waals surface area contributed by atoms with Crippen molar-refractivity contribution in [2.45, 2.75) is 218 Å². The summed E-state index contributed by atoms with van der Waals surface area (Å²) in [5.41, 5.74) is 6.24. The first-order valence-electron chi connectivity index (χ1n) is 33.5. The van der Waals surface area contributed by atoms with Crippen molar-refractivity contribution in [3.8, 4) is 0 Å². The Labute approximate surface area is 549 Å². The molecule has 10 rings (SSSR count). The van der Waals surface area contributed by atoms with E-state index in [4.69, 9.17) is 5.11 Å². The van der Waals surface area contributed by atoms with Crippen LogP contribution in [-0.4, -0.2) is 162 Å². The van der Waals surface area contributed by atoms with Crippen LogP contribution in [0.25, 0.3) is 0 Å². The number of fused-ring (bicyclic) bond motifs is 3. The molecular formula is C75H124N8O8. The van der Waals surface area contributed by atoms with Crippen molar-refractivity contribution in [1.82, 2.24) is 42.5 Å². The normalized spacial score (nSPS) is 25.0. The lowest BCUT2D eigenvalue weighted by molar-refractivity contribution is 0.00129. The third-order valence-corrected chi connectivity index (χ3v) is 19.4. The molecular weight excluding hydrogens is 1140 g/mol. The third kappa shape index (κ3) is 25.3. The van der Waals surface area contributed by atoms with E-state index < -0.39 is 30.0 Å². The fourth-order valence-electron chi connectivity index (χ4n) is 12.7. The molecule has 0 spiro atoms. The average Bonchev–Trinajstić information content (AvgIpc) is 1.56. The molecule has 2 saturated heterocycles. The zero-order chi connectivity index (χ0) is 67.9. The number of benzene rings is 5. The van der Waals surface area contributed by atoms with E-state index >= 15 is 0 Å². The number of hydrogen-bond acceptors (Lipinski definition) is 16. The molecule has 91 heavy (non-hydrogen) atoms. The topological polar surface area (TPSA) is 258 Å². The SMILES string of the molecule is CC(C)(O)C1CCCN1.CC(C)N[C@H](C)[C@@H](O)c1ccccc1.CNC1C2CCC(C)([C@@H]1O)C2(C)C.CN[C@@H](C)[C@@H](O)c1ccccc1.CN[C@H](C)[C@@H](O)c1ccccc1.CN[C@H](C)[C@H](O)c1ccccc1.CN[C@H]1c2ccccc2C[C@H]1O.OCC1CCCN1. The van der Waals surface area contributed by atoms with Crippen molar-refractivity contribution in [1.29, 1.82) is 0 Å². The minimum atomic E-state index is -0.531. The second-order valence-electron chi connectivity index (χ2n) is 26.8. The first kappa shape index (κ1) is 80.7. The van der Waals surface area contributed by atoms with E-state index in [2.05, 4.69) is 89.3 Å². The van der Waals surface area contributed by atoms with Gasteiger partial charge in [0.05, 0.1) is 54.9 Å². The number of nitrogens with one attached hydrogen (secondary N) is 8. The summed E-state index contributed by atoms with van der Waals surface area (Å²) in [7, 11) is 9.38. The molecule has 512 valence electrons. The average molecular weight is 1270 g/mol. The first-order valence-corrected chi connectivity index (χ1v) is 33.5. The molecule has 2 aliphatic heterocycles. The summed E-state index contributed by atoms with van der Waals surface area (Å²) >= 11 is 0. The predicted molar refractivity (Wildman–Crippen MR) is 376 cm³/mol. The molecule has 16 heteroatoms. The van der Waals surface area contributed by atoms with Gasteiger partial charge >= 0.3 is 0 Å². The maximum absolute atomic E-state index is 10.2. The molecule has 16 N–H and O–H groups in total. The van der Waals surface area contributed by atoms with Crippen LogP contribution in [0.15, 0.2) is 146 Å². The fraction of sp³-hybridized carbons (Fsp3) is 0.600. The van der Waals surface area contributed by atoms with Crippen molar-refractivity contribution in [2.75, 3.05) is 54.9 Å². The second-order valence-corrected chi connectivity index (χ2v) is 26.8. The zero-order valence-electron chi connectivity index (χ0n) is 58.2. The van der Waals surface area contributed by atoms with Crippen molar-refractivity contribution >= 4 is 0 Å². The van der Waals surface area contributed by atoms with Gasteiger partial charge in [0, 0.05) is 60.2 Å². The quantitative estimate of drug-likeness (QED) is 0.0416. The molecule has 5 unspecified atom stereocenters. The van der Waals surface area contributed by atoms with Gasteiger partial charge in [0.15, 0.2) is 0 Å². The van der Waals surface area contributed by atoms with Gasteiger partial charge in [-0.1, -0.05) is 180 Å². The van der Waals surface area contributed by atoms with Crippen LogP contribution in [0.4, 0.5) is 0 Å². The van der Waals surface area contributed by atoms with E-state index in [0.29, 0.717) is 42.1 Å². The molecule has 2 heterocycles. The van der Waals surface area contributed by atoms with E-state index in [1.54, 1.807) is 0 Å². The molecule has 4 fully saturated rings. The van der Waals surface area contributed by atoms with E-state index in [1.165, 1.54) is 36.8 Å². The standard InChI is InChI=1S/C12H19NO.C11H21NO.C10H13NO.3C10H15NO.C7H15NO.C5H11NO/c1-9(2)13-10(3)12(14)11-7-5-4-6-8-11;1-10(2)7-5-6-11(10,3)9(13)8(7)12-4;1-11-10-8-5-3-2-4-7(8)6-9(10)12;3*1-8(11-2)10(12)9-6-4-3-5-7-9;1-7(2,9)6-4-3-5-8-6;7-4-5-2-1-3-6-5/h4-10,12-14H,1-3H3;7-9,12-13H,5-6H2,1-4H3;2-5,9-12H,6H2,1H3;3*3-8,10-12H,1-2H3;6,8-9H,3-5H2,1-2H3;5-7H,1-4H2/t10-,12-;7?,8?,9-,11?;9-,10+;2*8-,10+;8-,10-;;/m111101../s1. The summed E-state index contributed by atoms with van der Waals surface area (Å²) in [4.78, 5) is 0. The van der Waals surface area contributed by atoms with Crippen LogP contribution >= 0.6 is 0 Å². The Bertz CT molecular complexity index is 2510. The highest BCUT2D eigenvalue weighted by molar-refractivity contribution is 5.36. The Kier molecular flexibility index (Phi) is 36.6. The number of likely N-dealkylation sites (N-methyl/N-ethyl adjacent to an activating group) is 5. The van der Waals surface area contributed by atoms with Crippen LogP contribution < -0.4 is 42.5 Å². The molecule has 2 bridgehead atoms. The minimum Gasteiger partial charge on any atom is -0.395 e. The molecule has 3 aliphatic carbocycles. The van der Waals surface area contributed by atoms with Gasteiger partial charge in [-0.15, -0.1) is 0 Å². The van der Waals surface area contributed by atoms with Gasteiger partial charge in [-0.3, -0.25) is 0 Å². The maximum atomic E-state index is 10.2. The van der Waals surface area contributed by atoms with E-state index in [0.717, 1.165) is 54.6 Å². The molecule has 5 aromatic rings. The van der Waals surface area contributed by atoms with E-state index in [-0.39, 0.29) is 47.8 Å². The highest BCUT2D eigenvalue weighted by Crippen LogP contribution is 2.65. The van der Waals surface area contributed by atoms with Crippen molar-refractivity contribution in [3.05, 3.63) is 179 Å². The van der Waals surface area contributed by atoms with Crippen LogP contribution in [0.5, 0.6) is 0 Å². The van der Waals surface area contributed by atoms with Crippen molar-refractivity contribution in [3.63, 3.8) is 0 Å². The summed E-state index contributed by atoms with van der Waals surface area (Å²) in [5.74, 6) is 0.650. The van der Waals surface area contributed by atoms with Gasteiger partial charge in [0.1, 0.15) is 0 Å². The summed E-state index contributed by atoms with van der Waals surface area (Å²) in [6.07, 6.45) is 5.82. The van der Waals surface area contributed by atoms with Crippen LogP contribution in [0.1, 0.15) is 179 Å². The van der Waals surface area contributed by atoms with Gasteiger partial charge in [-0.05, 0) is 173 Å². The molecule has 16 nitrogen and oxygen atoms in total. The lowest BCUT2D eigenvalue weighted by atomic mass is 9.70. The predicted octanol–water partition coefficient (Wildman–Crippen LogP) is 8.59. The van der Waals surface area contributed by atoms with Crippen molar-refractivity contribution in [2.24, 2.45) is 16.7 Å². The second kappa shape index (κ2) is 41.3. The smallest absolute Gasteiger partial charge is 0.0940 e. The van der Waals surface area contributed by atoms with Gasteiger partial charge < -0.3 is 83.4 Å². The molecule has 0 amide bonds. The van der Waals surface area contributed by atoms with Crippen LogP contribution in [0.2, 0.25) is 0 Å². The molecule has 0 aromatic heterocycles. The van der Waals surface area contributed by atoms with Gasteiger partial charge in [-0.25, -0.2) is 0 Å². The fourth-order valence-corrected chi connectivity index (χ4v) is 12.7. The van der Waals surface area contributed by atoms with E-state index in [9.17, 15) is 35.7 Å². The van der Waals surface area contributed by atoms with Crippen LogP contribution in [-0.2, 0) is 6.42 Å². The molecule has 2 saturated carbocycles. The zero-order valence-corrected chi connectivity index (χ0v) is 58.2. The molecule has 5 aromatic carbocycles. The summed E-state index contributed by atoms with van der Waals surface area (Å²) in [6, 6.07) is 48.8. The van der Waals surface area contributed by atoms with E-state index in [1.807, 2.05) is 210 Å². The summed E-state index contributed by atoms with van der Waals surface area (Å²) < 4.78 is 0. The summed E-state index contributed by atoms with van der Waals surface area (Å²) in [6.45, 7) is 25.1. The Morgan fingerprint density at radius 3 is 1.21 bits per heavy atom. The summed E-state index contributed by atoms with van der Waals surface area (Å²) in [5, 5.41) is 102. The van der Waals surface area contributed by atoms with Gasteiger partial charge in [0.25, 0.3) is 0 Å². The van der Waals surface area contributed by atoms with Crippen LogP contribution in [0, 0.1) is 16.7 Å². The van der Waals surface area contributed by atoms with Gasteiger partial charge in [0.2, 0.25) is 0 Å². The first-order chi connectivity index (χ1) is 43.2. The van der Waals surface area contributed by atoms with Crippen molar-refractivity contribution < 1.29 is 40.9 Å². The Morgan fingerprint density at radius 2 is 0.923 bits per heavy atom. The molecule has 0 radical (unpaired) electrons. The Hall–Kier alpha value is -4.54. The Balaban J connectivity index is 0.000000273. The monoisotopic (exact) mass is 1260 g/mol. The number of aliphatic hydroxyl groups excluding tert-OH is 7. The number of aliphatic hydroxyl groups is 8. The molecule has 5 aliphatic rings. The number of hydrogen-bond donors (Lipinski definition) is 16. The highest BCUT2D eigenvalue weighted by Gasteiger charge is 2.65. The minimum absolute atomic E-state index is 0.0809. The largest absolute Gasteiger partial charge is 0.395 e. The maximum Gasteiger partial charge on any atom is 0.0940 e. The lowest BCUT2D eigenvalue weighted by Crippen LogP contribution is -2.45. The third-order valence-electron chi connectivity index (χ3n) is 19.4. The highest BCUT2D eigenvalue weighted by atomic mass is 16.3. The lowest BCUT2D eigenvalue weighted by Gasteiger charge is -2.37. The Morgan fingerprint density at radius 1 is 0.527 bits per heavy atom. The van der Waals surface area contributed by atoms with Crippen LogP contribution in [0.3, 0.4) is 0 Å². The van der Waals surface area contributed by atoms with Gasteiger partial charge in [-0.2, -0.15) is 0 Å². The molecule has 16 atom stereocenters.